The molecule has 0 radical (unpaired) electrons. The van der Waals surface area contributed by atoms with Crippen LogP contribution >= 0.6 is 0 Å². The summed E-state index contributed by atoms with van der Waals surface area (Å²) in [4.78, 5) is 8.48. The van der Waals surface area contributed by atoms with E-state index in [0.717, 1.165) is 10.8 Å². The molecular formula is C12H10N4O. The average molecular weight is 226 g/mol. The van der Waals surface area contributed by atoms with E-state index in [9.17, 15) is 0 Å². The number of pyridine rings is 1. The third-order valence-electron chi connectivity index (χ3n) is 2.53. The Bertz CT molecular complexity index is 657. The van der Waals surface area contributed by atoms with E-state index in [0.29, 0.717) is 17.4 Å². The van der Waals surface area contributed by atoms with Crippen molar-refractivity contribution in [3.05, 3.63) is 42.4 Å². The van der Waals surface area contributed by atoms with Gasteiger partial charge in [-0.05, 0) is 11.5 Å². The first-order valence-electron chi connectivity index (χ1n) is 5.25. The molecule has 0 unspecified atom stereocenters. The van der Waals surface area contributed by atoms with Crippen LogP contribution in [0.4, 0.5) is 0 Å². The molecule has 5 nitrogen and oxygen atoms in total. The van der Waals surface area contributed by atoms with Crippen LogP contribution in [0.5, 0.6) is 0 Å². The summed E-state index contributed by atoms with van der Waals surface area (Å²) in [5.41, 5.74) is 6.15. The fourth-order valence-corrected chi connectivity index (χ4v) is 1.73. The Kier molecular flexibility index (Phi) is 2.31. The number of hydrogen-bond donors (Lipinski definition) is 1. The molecule has 0 aliphatic rings. The van der Waals surface area contributed by atoms with Gasteiger partial charge in [-0.25, -0.2) is 0 Å². The van der Waals surface area contributed by atoms with Crippen molar-refractivity contribution in [3.63, 3.8) is 0 Å². The lowest BCUT2D eigenvalue weighted by Crippen LogP contribution is -1.96. The molecule has 0 aliphatic heterocycles. The zero-order valence-corrected chi connectivity index (χ0v) is 9.00. The van der Waals surface area contributed by atoms with Crippen molar-refractivity contribution in [2.24, 2.45) is 5.73 Å². The SMILES string of the molecule is NCc1nc(-c2nccc3ccccc23)no1. The van der Waals surface area contributed by atoms with E-state index < -0.39 is 0 Å². The molecule has 17 heavy (non-hydrogen) atoms. The molecule has 0 saturated heterocycles. The van der Waals surface area contributed by atoms with Crippen LogP contribution in [0.15, 0.2) is 41.1 Å². The van der Waals surface area contributed by atoms with Crippen molar-refractivity contribution in [2.75, 3.05) is 0 Å². The van der Waals surface area contributed by atoms with Crippen LogP contribution < -0.4 is 5.73 Å². The second kappa shape index (κ2) is 3.95. The van der Waals surface area contributed by atoms with Gasteiger partial charge in [0.1, 0.15) is 5.69 Å². The fraction of sp³-hybridized carbons (Fsp3) is 0.0833. The Morgan fingerprint density at radius 3 is 2.88 bits per heavy atom. The molecule has 0 amide bonds. The summed E-state index contributed by atoms with van der Waals surface area (Å²) < 4.78 is 4.99. The number of rotatable bonds is 2. The van der Waals surface area contributed by atoms with E-state index in [1.54, 1.807) is 6.20 Å². The van der Waals surface area contributed by atoms with Gasteiger partial charge in [0, 0.05) is 11.6 Å². The maximum absolute atomic E-state index is 5.44. The van der Waals surface area contributed by atoms with E-state index in [-0.39, 0.29) is 6.54 Å². The second-order valence-corrected chi connectivity index (χ2v) is 3.60. The summed E-state index contributed by atoms with van der Waals surface area (Å²) in [5, 5.41) is 5.97. The third-order valence-corrected chi connectivity index (χ3v) is 2.53. The lowest BCUT2D eigenvalue weighted by Gasteiger charge is -2.00. The summed E-state index contributed by atoms with van der Waals surface area (Å²) in [6.07, 6.45) is 1.73. The number of hydrogen-bond acceptors (Lipinski definition) is 5. The first-order valence-corrected chi connectivity index (χ1v) is 5.25. The van der Waals surface area contributed by atoms with Crippen LogP contribution in [0.2, 0.25) is 0 Å². The Labute approximate surface area is 97.3 Å². The third kappa shape index (κ3) is 1.66. The zero-order valence-electron chi connectivity index (χ0n) is 9.00. The Morgan fingerprint density at radius 2 is 2.06 bits per heavy atom. The van der Waals surface area contributed by atoms with Gasteiger partial charge in [-0.1, -0.05) is 29.4 Å². The highest BCUT2D eigenvalue weighted by Gasteiger charge is 2.11. The summed E-state index contributed by atoms with van der Waals surface area (Å²) >= 11 is 0. The van der Waals surface area contributed by atoms with Crippen LogP contribution in [0, 0.1) is 0 Å². The Morgan fingerprint density at radius 1 is 1.18 bits per heavy atom. The summed E-state index contributed by atoms with van der Waals surface area (Å²) in [5.74, 6) is 0.886. The average Bonchev–Trinajstić information content (AvgIpc) is 2.87. The van der Waals surface area contributed by atoms with E-state index in [2.05, 4.69) is 15.1 Å². The van der Waals surface area contributed by atoms with Gasteiger partial charge < -0.3 is 10.3 Å². The molecule has 0 atom stereocenters. The molecule has 0 fully saturated rings. The van der Waals surface area contributed by atoms with Crippen LogP contribution in [-0.2, 0) is 6.54 Å². The highest BCUT2D eigenvalue weighted by atomic mass is 16.5. The van der Waals surface area contributed by atoms with Gasteiger partial charge in [0.2, 0.25) is 11.7 Å². The maximum atomic E-state index is 5.44. The molecule has 0 bridgehead atoms. The minimum Gasteiger partial charge on any atom is -0.338 e. The van der Waals surface area contributed by atoms with E-state index in [4.69, 9.17) is 10.3 Å². The van der Waals surface area contributed by atoms with E-state index in [1.807, 2.05) is 30.3 Å². The predicted octanol–water partition coefficient (Wildman–Crippen LogP) is 1.74. The standard InChI is InChI=1S/C12H10N4O/c13-7-10-15-12(16-17-10)11-9-4-2-1-3-8(9)5-6-14-11/h1-6H,7,13H2. The molecule has 2 N–H and O–H groups in total. The smallest absolute Gasteiger partial charge is 0.240 e. The quantitative estimate of drug-likeness (QED) is 0.720. The van der Waals surface area contributed by atoms with Crippen molar-refractivity contribution >= 4 is 10.8 Å². The van der Waals surface area contributed by atoms with Crippen molar-refractivity contribution < 1.29 is 4.52 Å². The first kappa shape index (κ1) is 9.92. The fourth-order valence-electron chi connectivity index (χ4n) is 1.73. The van der Waals surface area contributed by atoms with Gasteiger partial charge >= 0.3 is 0 Å². The van der Waals surface area contributed by atoms with Crippen molar-refractivity contribution in [1.82, 2.24) is 15.1 Å². The molecule has 3 aromatic rings. The number of fused-ring (bicyclic) bond motifs is 1. The van der Waals surface area contributed by atoms with Gasteiger partial charge in [-0.15, -0.1) is 0 Å². The molecule has 5 heteroatoms. The van der Waals surface area contributed by atoms with Gasteiger partial charge in [0.25, 0.3) is 0 Å². The lowest BCUT2D eigenvalue weighted by atomic mass is 10.1. The minimum absolute atomic E-state index is 0.234. The maximum Gasteiger partial charge on any atom is 0.240 e. The van der Waals surface area contributed by atoms with Crippen LogP contribution in [-0.4, -0.2) is 15.1 Å². The highest BCUT2D eigenvalue weighted by molar-refractivity contribution is 5.92. The van der Waals surface area contributed by atoms with Crippen LogP contribution in [0.1, 0.15) is 5.89 Å². The van der Waals surface area contributed by atoms with Crippen molar-refractivity contribution in [3.8, 4) is 11.5 Å². The van der Waals surface area contributed by atoms with Crippen LogP contribution in [0.25, 0.3) is 22.3 Å². The monoisotopic (exact) mass is 226 g/mol. The normalized spacial score (nSPS) is 10.9. The van der Waals surface area contributed by atoms with E-state index >= 15 is 0 Å². The van der Waals surface area contributed by atoms with Gasteiger partial charge in [0.05, 0.1) is 6.54 Å². The highest BCUT2D eigenvalue weighted by Crippen LogP contribution is 2.23. The van der Waals surface area contributed by atoms with Gasteiger partial charge in [-0.3, -0.25) is 4.98 Å². The number of nitrogens with two attached hydrogens (primary N) is 1. The summed E-state index contributed by atoms with van der Waals surface area (Å²) in [6.45, 7) is 0.234. The molecular weight excluding hydrogens is 216 g/mol. The molecule has 0 saturated carbocycles. The minimum atomic E-state index is 0.234. The van der Waals surface area contributed by atoms with E-state index in [1.165, 1.54) is 0 Å². The topological polar surface area (TPSA) is 77.8 Å². The van der Waals surface area contributed by atoms with Crippen molar-refractivity contribution in [1.29, 1.82) is 0 Å². The predicted molar refractivity (Wildman–Crippen MR) is 62.9 cm³/mol. The molecule has 1 aromatic carbocycles. The molecule has 84 valence electrons. The number of nitrogens with zero attached hydrogens (tertiary/aromatic N) is 3. The van der Waals surface area contributed by atoms with Gasteiger partial charge in [0.15, 0.2) is 0 Å². The summed E-state index contributed by atoms with van der Waals surface area (Å²) in [7, 11) is 0. The molecule has 3 rings (SSSR count). The Balaban J connectivity index is 2.23. The molecule has 2 heterocycles. The molecule has 0 aliphatic carbocycles. The number of benzene rings is 1. The first-order chi connectivity index (χ1) is 8.38. The molecule has 0 spiro atoms. The van der Waals surface area contributed by atoms with Gasteiger partial charge in [-0.2, -0.15) is 4.98 Å². The molecule has 2 aromatic heterocycles. The van der Waals surface area contributed by atoms with Crippen LogP contribution in [0.3, 0.4) is 0 Å². The lowest BCUT2D eigenvalue weighted by molar-refractivity contribution is 0.380. The zero-order chi connectivity index (χ0) is 11.7. The largest absolute Gasteiger partial charge is 0.338 e. The second-order valence-electron chi connectivity index (χ2n) is 3.60. The van der Waals surface area contributed by atoms with Crippen molar-refractivity contribution in [2.45, 2.75) is 6.54 Å². The Hall–Kier alpha value is -2.27. The number of aromatic nitrogens is 3. The summed E-state index contributed by atoms with van der Waals surface area (Å²) in [6, 6.07) is 9.88.